The Morgan fingerprint density at radius 1 is 1.22 bits per heavy atom. The number of rotatable bonds is 5. The molecular formula is C22H29N3O2. The van der Waals surface area contributed by atoms with E-state index in [1.54, 1.807) is 7.11 Å². The van der Waals surface area contributed by atoms with Crippen LogP contribution in [0.25, 0.3) is 0 Å². The number of nitrogens with zero attached hydrogens (tertiary/aromatic N) is 2. The van der Waals surface area contributed by atoms with Gasteiger partial charge in [-0.2, -0.15) is 0 Å². The molecular weight excluding hydrogens is 338 g/mol. The second kappa shape index (κ2) is 9.42. The monoisotopic (exact) mass is 367 g/mol. The molecule has 1 unspecified atom stereocenters. The van der Waals surface area contributed by atoms with E-state index in [2.05, 4.69) is 58.5 Å². The molecule has 0 aromatic heterocycles. The summed E-state index contributed by atoms with van der Waals surface area (Å²) in [4.78, 5) is 6.76. The normalized spacial score (nSPS) is 17.7. The number of aliphatic imine (C=N–C) groups is 1. The van der Waals surface area contributed by atoms with Crippen LogP contribution in [-0.4, -0.2) is 51.3 Å². The molecule has 0 bridgehead atoms. The number of morpholine rings is 1. The molecule has 1 fully saturated rings. The van der Waals surface area contributed by atoms with Crippen LogP contribution >= 0.6 is 0 Å². The minimum Gasteiger partial charge on any atom is -0.497 e. The Morgan fingerprint density at radius 3 is 2.70 bits per heavy atom. The van der Waals surface area contributed by atoms with Gasteiger partial charge in [0.25, 0.3) is 0 Å². The van der Waals surface area contributed by atoms with Crippen molar-refractivity contribution < 1.29 is 9.47 Å². The summed E-state index contributed by atoms with van der Waals surface area (Å²) in [5, 5.41) is 3.49. The molecule has 5 heteroatoms. The first kappa shape index (κ1) is 19.2. The summed E-state index contributed by atoms with van der Waals surface area (Å²) < 4.78 is 11.2. The lowest BCUT2D eigenvalue weighted by Gasteiger charge is -2.35. The first-order chi connectivity index (χ1) is 13.2. The predicted molar refractivity (Wildman–Crippen MR) is 110 cm³/mol. The van der Waals surface area contributed by atoms with Crippen LogP contribution in [0.4, 0.5) is 0 Å². The molecule has 27 heavy (non-hydrogen) atoms. The first-order valence-electron chi connectivity index (χ1n) is 9.47. The van der Waals surface area contributed by atoms with Crippen molar-refractivity contribution in [2.75, 3.05) is 40.4 Å². The summed E-state index contributed by atoms with van der Waals surface area (Å²) in [6.45, 7) is 5.35. The number of guanidine groups is 1. The predicted octanol–water partition coefficient (Wildman–Crippen LogP) is 3.20. The minimum atomic E-state index is 0.0834. The number of nitrogens with one attached hydrogen (secondary N) is 1. The van der Waals surface area contributed by atoms with Crippen LogP contribution in [0.5, 0.6) is 5.75 Å². The van der Waals surface area contributed by atoms with E-state index < -0.39 is 0 Å². The van der Waals surface area contributed by atoms with Gasteiger partial charge in [0.05, 0.1) is 20.3 Å². The van der Waals surface area contributed by atoms with Crippen LogP contribution in [0.3, 0.4) is 0 Å². The third kappa shape index (κ3) is 5.01. The maximum atomic E-state index is 6.03. The van der Waals surface area contributed by atoms with Crippen LogP contribution in [0, 0.1) is 6.92 Å². The summed E-state index contributed by atoms with van der Waals surface area (Å²) in [5.74, 6) is 1.82. The van der Waals surface area contributed by atoms with Crippen molar-refractivity contribution in [3.05, 3.63) is 65.2 Å². The number of ether oxygens (including phenoxy) is 2. The topological polar surface area (TPSA) is 46.1 Å². The van der Waals surface area contributed by atoms with Crippen molar-refractivity contribution in [1.29, 1.82) is 0 Å². The van der Waals surface area contributed by atoms with Crippen molar-refractivity contribution in [3.63, 3.8) is 0 Å². The van der Waals surface area contributed by atoms with Gasteiger partial charge in [-0.25, -0.2) is 0 Å². The van der Waals surface area contributed by atoms with E-state index in [9.17, 15) is 0 Å². The molecule has 1 aliphatic heterocycles. The van der Waals surface area contributed by atoms with Crippen molar-refractivity contribution in [2.45, 2.75) is 19.4 Å². The fraction of sp³-hybridized carbons (Fsp3) is 0.409. The number of hydrogen-bond acceptors (Lipinski definition) is 3. The van der Waals surface area contributed by atoms with Crippen LogP contribution in [0.2, 0.25) is 0 Å². The van der Waals surface area contributed by atoms with Gasteiger partial charge in [-0.15, -0.1) is 0 Å². The van der Waals surface area contributed by atoms with Gasteiger partial charge < -0.3 is 19.7 Å². The van der Waals surface area contributed by atoms with Crippen LogP contribution in [0.15, 0.2) is 53.5 Å². The Labute approximate surface area is 162 Å². The van der Waals surface area contributed by atoms with Crippen molar-refractivity contribution in [1.82, 2.24) is 10.2 Å². The van der Waals surface area contributed by atoms with Gasteiger partial charge in [-0.3, -0.25) is 4.99 Å². The van der Waals surface area contributed by atoms with Crippen molar-refractivity contribution in [2.24, 2.45) is 4.99 Å². The number of hydrogen-bond donors (Lipinski definition) is 1. The van der Waals surface area contributed by atoms with E-state index in [0.29, 0.717) is 6.61 Å². The molecule has 1 aliphatic rings. The van der Waals surface area contributed by atoms with Crippen molar-refractivity contribution in [3.8, 4) is 5.75 Å². The van der Waals surface area contributed by atoms with Crippen LogP contribution in [0.1, 0.15) is 22.8 Å². The second-order valence-electron chi connectivity index (χ2n) is 6.73. The van der Waals surface area contributed by atoms with Crippen LogP contribution < -0.4 is 10.1 Å². The maximum Gasteiger partial charge on any atom is 0.193 e. The first-order valence-corrected chi connectivity index (χ1v) is 9.47. The van der Waals surface area contributed by atoms with Gasteiger partial charge in [0.2, 0.25) is 0 Å². The molecule has 144 valence electrons. The maximum absolute atomic E-state index is 6.03. The summed E-state index contributed by atoms with van der Waals surface area (Å²) >= 11 is 0. The molecule has 1 heterocycles. The van der Waals surface area contributed by atoms with E-state index in [-0.39, 0.29) is 6.10 Å². The molecule has 2 aromatic carbocycles. The molecule has 1 N–H and O–H groups in total. The van der Waals surface area contributed by atoms with E-state index in [0.717, 1.165) is 37.8 Å². The minimum absolute atomic E-state index is 0.0834. The van der Waals surface area contributed by atoms with Gasteiger partial charge in [0, 0.05) is 20.1 Å². The highest BCUT2D eigenvalue weighted by Gasteiger charge is 2.24. The zero-order valence-corrected chi connectivity index (χ0v) is 16.4. The van der Waals surface area contributed by atoms with Gasteiger partial charge in [-0.05, 0) is 42.2 Å². The highest BCUT2D eigenvalue weighted by molar-refractivity contribution is 5.80. The van der Waals surface area contributed by atoms with E-state index in [4.69, 9.17) is 9.47 Å². The van der Waals surface area contributed by atoms with E-state index in [1.807, 2.05) is 19.2 Å². The van der Waals surface area contributed by atoms with E-state index >= 15 is 0 Å². The second-order valence-corrected chi connectivity index (χ2v) is 6.73. The van der Waals surface area contributed by atoms with Crippen molar-refractivity contribution >= 4 is 5.96 Å². The fourth-order valence-electron chi connectivity index (χ4n) is 3.42. The lowest BCUT2D eigenvalue weighted by molar-refractivity contribution is -0.00829. The average Bonchev–Trinajstić information content (AvgIpc) is 2.72. The van der Waals surface area contributed by atoms with Gasteiger partial charge >= 0.3 is 0 Å². The third-order valence-electron chi connectivity index (χ3n) is 4.97. The number of benzene rings is 2. The van der Waals surface area contributed by atoms with Gasteiger partial charge in [0.15, 0.2) is 5.96 Å². The molecule has 1 atom stereocenters. The molecule has 0 amide bonds. The standard InChI is InChI=1S/C22H29N3O2/c1-17-6-4-5-7-20(17)21-16-25(14-15-27-21)22(23-2)24-13-12-18-8-10-19(26-3)11-9-18/h4-11,21H,12-16H2,1-3H3,(H,23,24). The fourth-order valence-corrected chi connectivity index (χ4v) is 3.42. The largest absolute Gasteiger partial charge is 0.497 e. The molecule has 5 nitrogen and oxygen atoms in total. The van der Waals surface area contributed by atoms with Gasteiger partial charge in [0.1, 0.15) is 11.9 Å². The van der Waals surface area contributed by atoms with E-state index in [1.165, 1.54) is 16.7 Å². The lowest BCUT2D eigenvalue weighted by Crippen LogP contribution is -2.48. The summed E-state index contributed by atoms with van der Waals surface area (Å²) in [7, 11) is 3.53. The zero-order chi connectivity index (χ0) is 19.1. The highest BCUT2D eigenvalue weighted by atomic mass is 16.5. The summed E-state index contributed by atoms with van der Waals surface area (Å²) in [6, 6.07) is 16.6. The Kier molecular flexibility index (Phi) is 6.71. The lowest BCUT2D eigenvalue weighted by atomic mass is 10.0. The number of methoxy groups -OCH3 is 1. The summed E-state index contributed by atoms with van der Waals surface area (Å²) in [5.41, 5.74) is 3.81. The SMILES string of the molecule is CN=C(NCCc1ccc(OC)cc1)N1CCOC(c2ccccc2C)C1. The third-order valence-corrected chi connectivity index (χ3v) is 4.97. The molecule has 0 saturated carbocycles. The molecule has 0 aliphatic carbocycles. The van der Waals surface area contributed by atoms with Gasteiger partial charge in [-0.1, -0.05) is 36.4 Å². The Morgan fingerprint density at radius 2 is 2.00 bits per heavy atom. The molecule has 1 saturated heterocycles. The number of aryl methyl sites for hydroxylation is 1. The zero-order valence-electron chi connectivity index (χ0n) is 16.4. The average molecular weight is 367 g/mol. The Bertz CT molecular complexity index is 758. The Hall–Kier alpha value is -2.53. The summed E-state index contributed by atoms with van der Waals surface area (Å²) in [6.07, 6.45) is 1.02. The quantitative estimate of drug-likeness (QED) is 0.651. The highest BCUT2D eigenvalue weighted by Crippen LogP contribution is 2.25. The molecule has 2 aromatic rings. The Balaban J connectivity index is 1.56. The molecule has 0 spiro atoms. The smallest absolute Gasteiger partial charge is 0.193 e. The molecule has 0 radical (unpaired) electrons. The van der Waals surface area contributed by atoms with Crippen LogP contribution in [-0.2, 0) is 11.2 Å². The molecule has 3 rings (SSSR count).